The van der Waals surface area contributed by atoms with Gasteiger partial charge in [-0.15, -0.1) is 0 Å². The summed E-state index contributed by atoms with van der Waals surface area (Å²) in [5.41, 5.74) is 3.61. The summed E-state index contributed by atoms with van der Waals surface area (Å²) < 4.78 is 11.9. The molecule has 0 unspecified atom stereocenters. The van der Waals surface area contributed by atoms with Crippen molar-refractivity contribution in [1.82, 2.24) is 9.38 Å². The second-order valence-corrected chi connectivity index (χ2v) is 6.93. The number of aromatic nitrogens is 2. The molecule has 156 valence electrons. The van der Waals surface area contributed by atoms with Gasteiger partial charge in [-0.2, -0.15) is 0 Å². The molecule has 0 fully saturated rings. The van der Waals surface area contributed by atoms with Gasteiger partial charge in [-0.3, -0.25) is 9.20 Å². The fourth-order valence-electron chi connectivity index (χ4n) is 3.08. The molecule has 0 atom stereocenters. The molecule has 4 aromatic rings. The highest BCUT2D eigenvalue weighted by Gasteiger charge is 2.05. The average molecular weight is 414 g/mol. The van der Waals surface area contributed by atoms with Crippen LogP contribution in [0.1, 0.15) is 5.56 Å². The number of hydrogen-bond acceptors (Lipinski definition) is 6. The standard InChI is InChI=1S/C24H22N4O3/c1-16-4-13-22-27-24(26-18-7-11-20(31-3)12-8-18)21(14-23(29)28(22)15-16)25-17-5-9-19(30-2)10-6-17/h4-15,25H,1-3H3. The Bertz CT molecular complexity index is 1340. The minimum atomic E-state index is -0.210. The third-order valence-electron chi connectivity index (χ3n) is 4.72. The van der Waals surface area contributed by atoms with Gasteiger partial charge in [0.25, 0.3) is 5.56 Å². The molecule has 2 aromatic heterocycles. The first-order valence-corrected chi connectivity index (χ1v) is 9.70. The van der Waals surface area contributed by atoms with Gasteiger partial charge in [0, 0.05) is 18.0 Å². The molecule has 0 amide bonds. The fourth-order valence-corrected chi connectivity index (χ4v) is 3.08. The summed E-state index contributed by atoms with van der Waals surface area (Å²) in [5, 5.41) is 3.27. The molecular weight excluding hydrogens is 392 g/mol. The predicted molar refractivity (Wildman–Crippen MR) is 121 cm³/mol. The SMILES string of the molecule is COc1ccc(N=c2nc3ccc(C)cn3c(=O)cc2Nc2ccc(OC)cc2)cc1. The molecule has 7 heteroatoms. The van der Waals surface area contributed by atoms with Crippen LogP contribution in [0.15, 0.2) is 82.7 Å². The predicted octanol–water partition coefficient (Wildman–Crippen LogP) is 4.00. The maximum absolute atomic E-state index is 12.9. The van der Waals surface area contributed by atoms with Crippen molar-refractivity contribution < 1.29 is 9.47 Å². The smallest absolute Gasteiger partial charge is 0.258 e. The highest BCUT2D eigenvalue weighted by atomic mass is 16.5. The number of aryl methyl sites for hydroxylation is 1. The van der Waals surface area contributed by atoms with Crippen molar-refractivity contribution in [2.75, 3.05) is 19.5 Å². The van der Waals surface area contributed by atoms with E-state index in [1.54, 1.807) is 26.5 Å². The summed E-state index contributed by atoms with van der Waals surface area (Å²) in [7, 11) is 3.23. The highest BCUT2D eigenvalue weighted by Crippen LogP contribution is 2.19. The third kappa shape index (κ3) is 4.56. The maximum Gasteiger partial charge on any atom is 0.258 e. The van der Waals surface area contributed by atoms with Crippen molar-refractivity contribution in [2.24, 2.45) is 4.99 Å². The molecule has 0 bridgehead atoms. The monoisotopic (exact) mass is 414 g/mol. The number of ether oxygens (including phenoxy) is 2. The van der Waals surface area contributed by atoms with Crippen LogP contribution in [0.5, 0.6) is 11.5 Å². The number of methoxy groups -OCH3 is 2. The van der Waals surface area contributed by atoms with Crippen LogP contribution in [0.4, 0.5) is 17.1 Å². The van der Waals surface area contributed by atoms with Crippen molar-refractivity contribution in [3.05, 3.63) is 94.3 Å². The average Bonchev–Trinajstić information content (AvgIpc) is 2.91. The van der Waals surface area contributed by atoms with E-state index < -0.39 is 0 Å². The normalized spacial score (nSPS) is 11.4. The van der Waals surface area contributed by atoms with Crippen molar-refractivity contribution in [3.63, 3.8) is 0 Å². The van der Waals surface area contributed by atoms with Gasteiger partial charge in [-0.1, -0.05) is 6.07 Å². The minimum Gasteiger partial charge on any atom is -0.497 e. The van der Waals surface area contributed by atoms with Crippen molar-refractivity contribution in [1.29, 1.82) is 0 Å². The Balaban J connectivity index is 1.92. The van der Waals surface area contributed by atoms with E-state index in [2.05, 4.69) is 10.3 Å². The van der Waals surface area contributed by atoms with Crippen LogP contribution in [0, 0.1) is 6.92 Å². The van der Waals surface area contributed by atoms with Crippen LogP contribution in [-0.4, -0.2) is 23.6 Å². The van der Waals surface area contributed by atoms with Gasteiger partial charge in [0.15, 0.2) is 5.49 Å². The molecule has 2 aromatic carbocycles. The Labute approximate surface area is 179 Å². The molecule has 0 aliphatic heterocycles. The summed E-state index contributed by atoms with van der Waals surface area (Å²) >= 11 is 0. The molecule has 7 nitrogen and oxygen atoms in total. The van der Waals surface area contributed by atoms with Crippen LogP contribution < -0.4 is 25.8 Å². The van der Waals surface area contributed by atoms with Gasteiger partial charge >= 0.3 is 0 Å². The first-order chi connectivity index (χ1) is 15.1. The van der Waals surface area contributed by atoms with E-state index in [4.69, 9.17) is 14.5 Å². The lowest BCUT2D eigenvalue weighted by Crippen LogP contribution is -2.11. The molecule has 0 radical (unpaired) electrons. The van der Waals surface area contributed by atoms with Gasteiger partial charge in [0.2, 0.25) is 0 Å². The Morgan fingerprint density at radius 3 is 2.19 bits per heavy atom. The van der Waals surface area contributed by atoms with Crippen LogP contribution in [0.25, 0.3) is 5.65 Å². The van der Waals surface area contributed by atoms with Gasteiger partial charge in [-0.25, -0.2) is 9.98 Å². The molecule has 0 aliphatic carbocycles. The molecule has 0 saturated heterocycles. The zero-order valence-corrected chi connectivity index (χ0v) is 17.5. The van der Waals surface area contributed by atoms with Crippen LogP contribution in [-0.2, 0) is 0 Å². The van der Waals surface area contributed by atoms with E-state index in [0.717, 1.165) is 22.7 Å². The second-order valence-electron chi connectivity index (χ2n) is 6.93. The molecule has 4 rings (SSSR count). The largest absolute Gasteiger partial charge is 0.497 e. The van der Waals surface area contributed by atoms with Crippen molar-refractivity contribution in [3.8, 4) is 11.5 Å². The van der Waals surface area contributed by atoms with E-state index in [0.29, 0.717) is 22.5 Å². The van der Waals surface area contributed by atoms with E-state index in [1.165, 1.54) is 10.5 Å². The zero-order valence-electron chi connectivity index (χ0n) is 17.5. The molecule has 0 aliphatic rings. The highest BCUT2D eigenvalue weighted by molar-refractivity contribution is 5.60. The Morgan fingerprint density at radius 1 is 0.903 bits per heavy atom. The van der Waals surface area contributed by atoms with Gasteiger partial charge in [0.05, 0.1) is 25.6 Å². The maximum atomic E-state index is 12.9. The molecule has 1 N–H and O–H groups in total. The first-order valence-electron chi connectivity index (χ1n) is 9.70. The number of anilines is 2. The topological polar surface area (TPSA) is 77.2 Å². The van der Waals surface area contributed by atoms with Gasteiger partial charge < -0.3 is 14.8 Å². The van der Waals surface area contributed by atoms with Gasteiger partial charge in [0.1, 0.15) is 17.1 Å². The second kappa shape index (κ2) is 8.71. The zero-order chi connectivity index (χ0) is 21.8. The summed E-state index contributed by atoms with van der Waals surface area (Å²) in [4.78, 5) is 22.3. The Morgan fingerprint density at radius 2 is 1.55 bits per heavy atom. The summed E-state index contributed by atoms with van der Waals surface area (Å²) in [6.07, 6.45) is 1.76. The summed E-state index contributed by atoms with van der Waals surface area (Å²) in [5.74, 6) is 1.48. The molecule has 2 heterocycles. The third-order valence-corrected chi connectivity index (χ3v) is 4.72. The Hall–Kier alpha value is -4.13. The minimum absolute atomic E-state index is 0.210. The summed E-state index contributed by atoms with van der Waals surface area (Å²) in [6, 6.07) is 20.0. The number of pyridine rings is 1. The molecular formula is C24H22N4O3. The van der Waals surface area contributed by atoms with Gasteiger partial charge in [-0.05, 0) is 67.1 Å². The number of rotatable bonds is 5. The van der Waals surface area contributed by atoms with Crippen LogP contribution in [0.3, 0.4) is 0 Å². The summed E-state index contributed by atoms with van der Waals surface area (Å²) in [6.45, 7) is 1.93. The molecule has 0 saturated carbocycles. The van der Waals surface area contributed by atoms with Crippen molar-refractivity contribution in [2.45, 2.75) is 6.92 Å². The number of benzene rings is 2. The van der Waals surface area contributed by atoms with Crippen LogP contribution >= 0.6 is 0 Å². The van der Waals surface area contributed by atoms with Crippen LogP contribution in [0.2, 0.25) is 0 Å². The van der Waals surface area contributed by atoms with Crippen molar-refractivity contribution >= 4 is 22.7 Å². The van der Waals surface area contributed by atoms with E-state index >= 15 is 0 Å². The molecule has 0 spiro atoms. The Kier molecular flexibility index (Phi) is 5.66. The quantitative estimate of drug-likeness (QED) is 0.534. The van der Waals surface area contributed by atoms with E-state index in [1.807, 2.05) is 61.5 Å². The lowest BCUT2D eigenvalue weighted by atomic mass is 10.3. The molecule has 31 heavy (non-hydrogen) atoms. The lowest BCUT2D eigenvalue weighted by molar-refractivity contribution is 0.415. The lowest BCUT2D eigenvalue weighted by Gasteiger charge is -2.06. The number of fused-ring (bicyclic) bond motifs is 1. The van der Waals surface area contributed by atoms with E-state index in [-0.39, 0.29) is 5.56 Å². The van der Waals surface area contributed by atoms with E-state index in [9.17, 15) is 4.79 Å². The number of nitrogens with one attached hydrogen (secondary N) is 1. The fraction of sp³-hybridized carbons (Fsp3) is 0.125. The number of hydrogen-bond donors (Lipinski definition) is 1. The number of nitrogens with zero attached hydrogens (tertiary/aromatic N) is 3. The first kappa shape index (κ1) is 20.2.